The Bertz CT molecular complexity index is 1030. The lowest BCUT2D eigenvalue weighted by molar-refractivity contribution is 0.0952. The number of pyridine rings is 1. The molecule has 0 aromatic carbocycles. The molecule has 8 bridgehead atoms. The van der Waals surface area contributed by atoms with Gasteiger partial charge in [-0.1, -0.05) is 0 Å². The summed E-state index contributed by atoms with van der Waals surface area (Å²) in [6, 6.07) is 7.57. The van der Waals surface area contributed by atoms with E-state index in [2.05, 4.69) is 42.1 Å². The molecule has 1 saturated carbocycles. The van der Waals surface area contributed by atoms with Crippen molar-refractivity contribution in [3.8, 4) is 5.88 Å². The van der Waals surface area contributed by atoms with Crippen molar-refractivity contribution in [2.24, 2.45) is 0 Å². The third kappa shape index (κ3) is 3.89. The van der Waals surface area contributed by atoms with Crippen LogP contribution in [0.15, 0.2) is 36.7 Å². The van der Waals surface area contributed by atoms with Crippen molar-refractivity contribution < 1.29 is 9.53 Å². The Morgan fingerprint density at radius 3 is 3.10 bits per heavy atom. The Balaban J connectivity index is 1.44. The molecule has 9 nitrogen and oxygen atoms in total. The molecule has 1 aliphatic carbocycles. The van der Waals surface area contributed by atoms with E-state index in [1.165, 1.54) is 6.20 Å². The first kappa shape index (κ1) is 17.6. The molecular weight excluding hydrogens is 370 g/mol. The largest absolute Gasteiger partial charge is 0.473 e. The molecule has 0 radical (unpaired) electrons. The summed E-state index contributed by atoms with van der Waals surface area (Å²) in [5, 5.41) is 21.7. The Morgan fingerprint density at radius 1 is 1.17 bits per heavy atom. The van der Waals surface area contributed by atoms with Gasteiger partial charge in [0.1, 0.15) is 6.10 Å². The zero-order valence-corrected chi connectivity index (χ0v) is 15.8. The number of anilines is 2. The summed E-state index contributed by atoms with van der Waals surface area (Å²) >= 11 is 0. The molecule has 3 aromatic heterocycles. The van der Waals surface area contributed by atoms with Gasteiger partial charge in [-0.3, -0.25) is 14.9 Å². The Kier molecular flexibility index (Phi) is 4.55. The third-order valence-corrected chi connectivity index (χ3v) is 5.36. The van der Waals surface area contributed by atoms with Crippen LogP contribution in [0.1, 0.15) is 46.9 Å². The normalized spacial score (nSPS) is 21.3. The van der Waals surface area contributed by atoms with E-state index in [1.54, 1.807) is 12.3 Å². The van der Waals surface area contributed by atoms with Gasteiger partial charge in [0.15, 0.2) is 5.82 Å². The Morgan fingerprint density at radius 2 is 2.14 bits per heavy atom. The van der Waals surface area contributed by atoms with Gasteiger partial charge in [0.2, 0.25) is 5.88 Å². The van der Waals surface area contributed by atoms with Gasteiger partial charge in [0.05, 0.1) is 11.8 Å². The molecule has 9 heteroatoms. The fourth-order valence-electron chi connectivity index (χ4n) is 3.89. The van der Waals surface area contributed by atoms with E-state index in [4.69, 9.17) is 4.74 Å². The van der Waals surface area contributed by atoms with E-state index in [1.807, 2.05) is 12.1 Å². The number of carbonyl (C=O) groups is 1. The zero-order chi connectivity index (χ0) is 19.6. The van der Waals surface area contributed by atoms with Crippen molar-refractivity contribution in [2.45, 2.75) is 37.7 Å². The highest BCUT2D eigenvalue weighted by Gasteiger charge is 2.29. The van der Waals surface area contributed by atoms with Crippen LogP contribution in [-0.2, 0) is 6.42 Å². The van der Waals surface area contributed by atoms with Crippen molar-refractivity contribution in [1.29, 1.82) is 0 Å². The number of ether oxygens (including phenoxy) is 1. The molecule has 4 heterocycles. The summed E-state index contributed by atoms with van der Waals surface area (Å²) in [4.78, 5) is 16.8. The molecule has 148 valence electrons. The van der Waals surface area contributed by atoms with Gasteiger partial charge in [-0.2, -0.15) is 10.2 Å². The van der Waals surface area contributed by atoms with Gasteiger partial charge < -0.3 is 15.4 Å². The van der Waals surface area contributed by atoms with Crippen molar-refractivity contribution in [2.75, 3.05) is 11.9 Å². The summed E-state index contributed by atoms with van der Waals surface area (Å²) in [6.07, 6.45) is 6.63. The summed E-state index contributed by atoms with van der Waals surface area (Å²) in [7, 11) is 0. The van der Waals surface area contributed by atoms with Crippen LogP contribution >= 0.6 is 0 Å². The quantitative estimate of drug-likeness (QED) is 0.538. The molecule has 5 rings (SSSR count). The fourth-order valence-corrected chi connectivity index (χ4v) is 3.89. The maximum absolute atomic E-state index is 12.5. The number of carbonyl (C=O) groups excluding carboxylic acids is 1. The van der Waals surface area contributed by atoms with Gasteiger partial charge >= 0.3 is 0 Å². The maximum Gasteiger partial charge on any atom is 0.253 e. The lowest BCUT2D eigenvalue weighted by Crippen LogP contribution is -2.26. The number of rotatable bonds is 0. The summed E-state index contributed by atoms with van der Waals surface area (Å²) in [5.74, 6) is 1.29. The smallest absolute Gasteiger partial charge is 0.253 e. The van der Waals surface area contributed by atoms with Crippen LogP contribution < -0.4 is 15.4 Å². The molecule has 1 aliphatic heterocycles. The molecule has 29 heavy (non-hydrogen) atoms. The molecule has 2 atom stereocenters. The first-order chi connectivity index (χ1) is 14.2. The van der Waals surface area contributed by atoms with E-state index in [0.29, 0.717) is 30.3 Å². The van der Waals surface area contributed by atoms with E-state index in [0.717, 1.165) is 42.2 Å². The summed E-state index contributed by atoms with van der Waals surface area (Å²) in [5.41, 5.74) is 3.32. The molecular formula is C20H21N7O2. The van der Waals surface area contributed by atoms with Crippen molar-refractivity contribution in [3.63, 3.8) is 0 Å². The predicted octanol–water partition coefficient (Wildman–Crippen LogP) is 2.34. The lowest BCUT2D eigenvalue weighted by Gasteiger charge is -2.13. The highest BCUT2D eigenvalue weighted by Crippen LogP contribution is 2.36. The first-order valence-electron chi connectivity index (χ1n) is 9.78. The number of aromatic nitrogens is 5. The number of hydrogen-bond acceptors (Lipinski definition) is 7. The van der Waals surface area contributed by atoms with Crippen LogP contribution in [0.3, 0.4) is 0 Å². The highest BCUT2D eigenvalue weighted by molar-refractivity contribution is 5.94. The number of hydrogen-bond donors (Lipinski definition) is 3. The number of nitrogens with one attached hydrogen (secondary N) is 3. The topological polar surface area (TPSA) is 118 Å². The van der Waals surface area contributed by atoms with E-state index in [9.17, 15) is 4.79 Å². The molecule has 1 amide bonds. The fraction of sp³-hybridized carbons (Fsp3) is 0.350. The minimum atomic E-state index is -0.203. The Labute approximate surface area is 167 Å². The van der Waals surface area contributed by atoms with Crippen molar-refractivity contribution in [1.82, 2.24) is 30.7 Å². The summed E-state index contributed by atoms with van der Waals surface area (Å²) in [6.45, 7) is 0.463. The number of H-pyrrole nitrogens is 1. The van der Waals surface area contributed by atoms with Gasteiger partial charge in [-0.15, -0.1) is 5.10 Å². The van der Waals surface area contributed by atoms with Crippen LogP contribution in [0.5, 0.6) is 5.88 Å². The van der Waals surface area contributed by atoms with Crippen LogP contribution in [-0.4, -0.2) is 43.9 Å². The van der Waals surface area contributed by atoms with Crippen LogP contribution in [0.2, 0.25) is 0 Å². The first-order valence-corrected chi connectivity index (χ1v) is 9.78. The summed E-state index contributed by atoms with van der Waals surface area (Å²) < 4.78 is 6.01. The van der Waals surface area contributed by atoms with Crippen molar-refractivity contribution in [3.05, 3.63) is 53.6 Å². The van der Waals surface area contributed by atoms with Gasteiger partial charge in [0.25, 0.3) is 5.91 Å². The Hall–Kier alpha value is -3.49. The molecule has 2 aliphatic rings. The van der Waals surface area contributed by atoms with Crippen LogP contribution in [0.25, 0.3) is 0 Å². The molecule has 3 aromatic rings. The van der Waals surface area contributed by atoms with Crippen LogP contribution in [0.4, 0.5) is 11.5 Å². The average Bonchev–Trinajstić information content (AvgIpc) is 3.37. The maximum atomic E-state index is 12.5. The van der Waals surface area contributed by atoms with Crippen LogP contribution in [0, 0.1) is 0 Å². The van der Waals surface area contributed by atoms with Gasteiger partial charge in [-0.05, 0) is 31.4 Å². The average molecular weight is 391 g/mol. The zero-order valence-electron chi connectivity index (χ0n) is 15.8. The molecule has 1 fully saturated rings. The molecule has 3 N–H and O–H groups in total. The number of nitrogens with zero attached hydrogens (tertiary/aromatic N) is 4. The molecule has 0 spiro atoms. The predicted molar refractivity (Wildman–Crippen MR) is 105 cm³/mol. The van der Waals surface area contributed by atoms with E-state index >= 15 is 0 Å². The molecule has 0 unspecified atom stereocenters. The monoisotopic (exact) mass is 391 g/mol. The second-order valence-electron chi connectivity index (χ2n) is 7.41. The molecule has 0 saturated heterocycles. The van der Waals surface area contributed by atoms with Gasteiger partial charge in [-0.25, -0.2) is 0 Å². The number of fused-ring (bicyclic) bond motifs is 9. The number of aromatic amines is 1. The standard InChI is InChI=1S/C20H21N7O2/c28-20-13-8-19(27-23-11-13)29-16-2-1-12(7-16)17-10-18(26-25-17)24-15-4-5-21-14(9-15)3-6-22-20/h4-5,8-12,16H,1-3,6-7H2,(H,22,28)(H2,24,25,26)/t12-,16+/m0/s1. The number of amides is 1. The SMILES string of the molecule is O=C1NCCc2cc(ccn2)Nc2cc([nH]n2)[C@H]2CC[C@H](C2)Oc2cc1cnn2. The minimum absolute atomic E-state index is 0.0361. The van der Waals surface area contributed by atoms with Crippen molar-refractivity contribution >= 4 is 17.4 Å². The van der Waals surface area contributed by atoms with E-state index in [-0.39, 0.29) is 12.0 Å². The second kappa shape index (κ2) is 7.50. The second-order valence-corrected chi connectivity index (χ2v) is 7.41. The minimum Gasteiger partial charge on any atom is -0.473 e. The highest BCUT2D eigenvalue weighted by atomic mass is 16.5. The third-order valence-electron chi connectivity index (χ3n) is 5.36. The van der Waals surface area contributed by atoms with E-state index < -0.39 is 0 Å². The van der Waals surface area contributed by atoms with Gasteiger partial charge in [0, 0.05) is 54.3 Å². The lowest BCUT2D eigenvalue weighted by atomic mass is 10.0.